The standard InChI is InChI=1S/C3H6S.Na.H2O3S.H/c1-2-3-4;;1-4(2)3;/h2,4H,1,3H2;;(H2,1,2,3);/q;+1;;-1. The third-order valence-corrected chi connectivity index (χ3v) is 0.387. The van der Waals surface area contributed by atoms with Gasteiger partial charge in [-0.2, -0.15) is 16.8 Å². The SMILES string of the molecule is C=CCS.O=S(O)O.[H-].[Na+]. The summed E-state index contributed by atoms with van der Waals surface area (Å²) in [5, 5.41) is 0. The van der Waals surface area contributed by atoms with E-state index in [4.69, 9.17) is 13.3 Å². The fraction of sp³-hybridized carbons (Fsp3) is 0.333. The molecule has 0 fully saturated rings. The minimum Gasteiger partial charge on any atom is -1.00 e. The molecule has 0 aliphatic rings. The molecule has 6 heteroatoms. The second-order valence-corrected chi connectivity index (χ2v) is 1.53. The molecule has 0 aliphatic heterocycles. The molecule has 0 saturated carbocycles. The summed E-state index contributed by atoms with van der Waals surface area (Å²) in [6, 6.07) is 0. The van der Waals surface area contributed by atoms with Crippen LogP contribution >= 0.6 is 12.6 Å². The largest absolute Gasteiger partial charge is 1.00 e. The summed E-state index contributed by atoms with van der Waals surface area (Å²) in [6.07, 6.45) is 1.74. The smallest absolute Gasteiger partial charge is 1.00 e. The maximum atomic E-state index is 8.67. The average Bonchev–Trinajstić information content (AvgIpc) is 1.65. The summed E-state index contributed by atoms with van der Waals surface area (Å²) >= 11 is 1.19. The average molecular weight is 180 g/mol. The van der Waals surface area contributed by atoms with E-state index in [-0.39, 0.29) is 31.0 Å². The van der Waals surface area contributed by atoms with Crippen molar-refractivity contribution in [1.82, 2.24) is 0 Å². The predicted molar refractivity (Wildman–Crippen MR) is 38.6 cm³/mol. The van der Waals surface area contributed by atoms with Crippen LogP contribution in [0.2, 0.25) is 0 Å². The van der Waals surface area contributed by atoms with Crippen LogP contribution in [0.3, 0.4) is 0 Å². The quantitative estimate of drug-likeness (QED) is 0.187. The second-order valence-electron chi connectivity index (χ2n) is 0.702. The maximum absolute atomic E-state index is 8.67. The molecule has 0 radical (unpaired) electrons. The molecule has 0 bridgehead atoms. The van der Waals surface area contributed by atoms with E-state index in [2.05, 4.69) is 19.2 Å². The summed E-state index contributed by atoms with van der Waals surface area (Å²) in [7, 11) is 0. The Labute approximate surface area is 86.2 Å². The van der Waals surface area contributed by atoms with Crippen LogP contribution in [0.15, 0.2) is 12.7 Å². The van der Waals surface area contributed by atoms with E-state index in [0.29, 0.717) is 0 Å². The molecule has 0 aliphatic carbocycles. The van der Waals surface area contributed by atoms with Crippen molar-refractivity contribution in [2.75, 3.05) is 5.75 Å². The summed E-state index contributed by atoms with van der Waals surface area (Å²) in [5.41, 5.74) is 0. The van der Waals surface area contributed by atoms with Crippen LogP contribution in [-0.2, 0) is 11.4 Å². The number of hydrogen-bond acceptors (Lipinski definition) is 2. The molecule has 0 saturated heterocycles. The summed E-state index contributed by atoms with van der Waals surface area (Å²) in [6.45, 7) is 3.40. The third kappa shape index (κ3) is 101. The topological polar surface area (TPSA) is 57.5 Å². The van der Waals surface area contributed by atoms with E-state index >= 15 is 0 Å². The van der Waals surface area contributed by atoms with E-state index in [1.165, 1.54) is 0 Å². The Hall–Kier alpha value is 1.16. The molecule has 0 rings (SSSR count). The van der Waals surface area contributed by atoms with Crippen LogP contribution in [-0.4, -0.2) is 19.1 Å². The van der Waals surface area contributed by atoms with Gasteiger partial charge in [0, 0.05) is 5.75 Å². The van der Waals surface area contributed by atoms with Gasteiger partial charge in [-0.1, -0.05) is 6.08 Å². The van der Waals surface area contributed by atoms with Crippen molar-refractivity contribution in [2.45, 2.75) is 0 Å². The van der Waals surface area contributed by atoms with Gasteiger partial charge in [-0.15, -0.1) is 6.58 Å². The van der Waals surface area contributed by atoms with Crippen molar-refractivity contribution in [2.24, 2.45) is 0 Å². The first-order valence-electron chi connectivity index (χ1n) is 1.66. The number of thiol groups is 1. The van der Waals surface area contributed by atoms with Crippen LogP contribution in [0, 0.1) is 0 Å². The van der Waals surface area contributed by atoms with Crippen LogP contribution < -0.4 is 29.6 Å². The van der Waals surface area contributed by atoms with Crippen molar-refractivity contribution in [3.63, 3.8) is 0 Å². The second kappa shape index (κ2) is 16.1. The van der Waals surface area contributed by atoms with Crippen LogP contribution in [0.25, 0.3) is 0 Å². The first kappa shape index (κ1) is 16.6. The van der Waals surface area contributed by atoms with Gasteiger partial charge in [-0.05, 0) is 0 Å². The molecule has 0 unspecified atom stereocenters. The van der Waals surface area contributed by atoms with Crippen LogP contribution in [0.4, 0.5) is 0 Å². The molecule has 0 heterocycles. The Kier molecular flexibility index (Phi) is 29.7. The molecule has 0 atom stereocenters. The Balaban J connectivity index is -0.0000000300. The van der Waals surface area contributed by atoms with Crippen molar-refractivity contribution in [1.29, 1.82) is 0 Å². The van der Waals surface area contributed by atoms with Crippen LogP contribution in [0.5, 0.6) is 0 Å². The predicted octanol–water partition coefficient (Wildman–Crippen LogP) is -2.10. The van der Waals surface area contributed by atoms with Crippen molar-refractivity contribution in [3.8, 4) is 0 Å². The van der Waals surface area contributed by atoms with E-state index in [9.17, 15) is 0 Å². The van der Waals surface area contributed by atoms with Gasteiger partial charge in [0.15, 0.2) is 0 Å². The normalized spacial score (nSPS) is 6.67. The minimum atomic E-state index is -2.61. The van der Waals surface area contributed by atoms with Crippen molar-refractivity contribution >= 4 is 24.0 Å². The van der Waals surface area contributed by atoms with Gasteiger partial charge in [-0.25, -0.2) is 0 Å². The van der Waals surface area contributed by atoms with Gasteiger partial charge in [-0.3, -0.25) is 9.11 Å². The van der Waals surface area contributed by atoms with Crippen molar-refractivity contribution < 1.29 is 44.3 Å². The van der Waals surface area contributed by atoms with Gasteiger partial charge < -0.3 is 1.43 Å². The van der Waals surface area contributed by atoms with Crippen molar-refractivity contribution in [3.05, 3.63) is 12.7 Å². The maximum Gasteiger partial charge on any atom is 1.00 e. The van der Waals surface area contributed by atoms with Gasteiger partial charge >= 0.3 is 29.6 Å². The Morgan fingerprint density at radius 2 is 1.89 bits per heavy atom. The minimum absolute atomic E-state index is 0. The zero-order chi connectivity index (χ0) is 6.99. The summed E-state index contributed by atoms with van der Waals surface area (Å²) in [5.74, 6) is 0.778. The molecule has 2 N–H and O–H groups in total. The summed E-state index contributed by atoms with van der Waals surface area (Å²) in [4.78, 5) is 0. The fourth-order valence-electron chi connectivity index (χ4n) is 0. The Bertz CT molecular complexity index is 78.1. The molecule has 9 heavy (non-hydrogen) atoms. The van der Waals surface area contributed by atoms with E-state index < -0.39 is 11.4 Å². The molecule has 52 valence electrons. The Morgan fingerprint density at radius 3 is 1.89 bits per heavy atom. The zero-order valence-corrected chi connectivity index (χ0v) is 8.86. The molecular formula is C3H9NaO3S2. The van der Waals surface area contributed by atoms with E-state index in [1.54, 1.807) is 6.08 Å². The zero-order valence-electron chi connectivity index (χ0n) is 6.15. The first-order valence-corrected chi connectivity index (χ1v) is 3.36. The monoisotopic (exact) mass is 180 g/mol. The fourth-order valence-corrected chi connectivity index (χ4v) is 0. The van der Waals surface area contributed by atoms with E-state index in [0.717, 1.165) is 5.75 Å². The summed E-state index contributed by atoms with van der Waals surface area (Å²) < 4.78 is 22.8. The number of rotatable bonds is 1. The van der Waals surface area contributed by atoms with Gasteiger partial charge in [0.2, 0.25) is 0 Å². The molecule has 0 aromatic carbocycles. The molecular weight excluding hydrogens is 171 g/mol. The third-order valence-electron chi connectivity index (χ3n) is 0.129. The van der Waals surface area contributed by atoms with Gasteiger partial charge in [0.25, 0.3) is 11.4 Å². The molecule has 0 aromatic rings. The van der Waals surface area contributed by atoms with E-state index in [1.807, 2.05) is 0 Å². The molecule has 0 spiro atoms. The van der Waals surface area contributed by atoms with Gasteiger partial charge in [0.1, 0.15) is 0 Å². The first-order chi connectivity index (χ1) is 3.65. The molecule has 0 aromatic heterocycles. The van der Waals surface area contributed by atoms with Crippen LogP contribution in [0.1, 0.15) is 1.43 Å². The number of hydrogen-bond donors (Lipinski definition) is 3. The van der Waals surface area contributed by atoms with Gasteiger partial charge in [0.05, 0.1) is 0 Å². The Morgan fingerprint density at radius 1 is 1.78 bits per heavy atom. The molecule has 3 nitrogen and oxygen atoms in total. The molecule has 0 amide bonds.